The van der Waals surface area contributed by atoms with Crippen molar-refractivity contribution in [1.82, 2.24) is 15.3 Å². The monoisotopic (exact) mass is 454 g/mol. The van der Waals surface area contributed by atoms with Crippen molar-refractivity contribution in [2.45, 2.75) is 12.8 Å². The van der Waals surface area contributed by atoms with Crippen molar-refractivity contribution < 1.29 is 14.3 Å². The Balaban J connectivity index is 1.43. The summed E-state index contributed by atoms with van der Waals surface area (Å²) in [5.41, 5.74) is 2.01. The summed E-state index contributed by atoms with van der Waals surface area (Å²) in [7, 11) is 3.19. The van der Waals surface area contributed by atoms with Crippen LogP contribution >= 0.6 is 11.8 Å². The number of carbonyl (C=O) groups excluding carboxylic acids is 2. The minimum atomic E-state index is -0.277. The third kappa shape index (κ3) is 3.83. The van der Waals surface area contributed by atoms with E-state index in [1.165, 1.54) is 17.7 Å². The van der Waals surface area contributed by atoms with Crippen LogP contribution in [0.2, 0.25) is 0 Å². The maximum Gasteiger partial charge on any atom is 0.254 e. The topological polar surface area (TPSA) is 108 Å². The van der Waals surface area contributed by atoms with Crippen LogP contribution in [0.5, 0.6) is 5.75 Å². The Hall–Kier alpha value is -3.01. The molecule has 0 aromatic carbocycles. The first-order valence-corrected chi connectivity index (χ1v) is 11.8. The van der Waals surface area contributed by atoms with Crippen LogP contribution in [-0.2, 0) is 4.79 Å². The molecule has 2 amide bonds. The fraction of sp³-hybridized carbons (Fsp3) is 0.455. The number of pyridine rings is 2. The first-order valence-electron chi connectivity index (χ1n) is 10.7. The van der Waals surface area contributed by atoms with E-state index in [1.54, 1.807) is 26.4 Å². The molecule has 2 aliphatic heterocycles. The van der Waals surface area contributed by atoms with E-state index < -0.39 is 0 Å². The normalized spacial score (nSPS) is 18.4. The number of ether oxygens (including phenoxy) is 1. The van der Waals surface area contributed by atoms with Gasteiger partial charge in [0, 0.05) is 61.4 Å². The molecule has 9 nitrogen and oxygen atoms in total. The van der Waals surface area contributed by atoms with Crippen molar-refractivity contribution in [1.29, 1.82) is 0 Å². The zero-order chi connectivity index (χ0) is 22.3. The SMILES string of the molecule is CNC(=O)c1cnc(NC(=O)C2CC2)cc1Nc1ccnc(N2CC3(CSC3)C2)c1OC. The van der Waals surface area contributed by atoms with E-state index in [0.29, 0.717) is 33.9 Å². The first kappa shape index (κ1) is 20.9. The summed E-state index contributed by atoms with van der Waals surface area (Å²) in [6.07, 6.45) is 5.00. The highest BCUT2D eigenvalue weighted by atomic mass is 32.2. The summed E-state index contributed by atoms with van der Waals surface area (Å²) < 4.78 is 5.73. The summed E-state index contributed by atoms with van der Waals surface area (Å²) in [6, 6.07) is 3.49. The van der Waals surface area contributed by atoms with Crippen molar-refractivity contribution in [3.05, 3.63) is 30.1 Å². The Morgan fingerprint density at radius 1 is 1.22 bits per heavy atom. The number of aromatic nitrogens is 2. The lowest BCUT2D eigenvalue weighted by molar-refractivity contribution is -0.117. The van der Waals surface area contributed by atoms with E-state index in [1.807, 2.05) is 17.8 Å². The molecule has 4 heterocycles. The van der Waals surface area contributed by atoms with Gasteiger partial charge in [-0.1, -0.05) is 0 Å². The number of amides is 2. The van der Waals surface area contributed by atoms with Crippen LogP contribution in [0.1, 0.15) is 23.2 Å². The van der Waals surface area contributed by atoms with Crippen molar-refractivity contribution in [3.8, 4) is 5.75 Å². The van der Waals surface area contributed by atoms with E-state index in [2.05, 4.69) is 30.8 Å². The Kier molecular flexibility index (Phi) is 5.32. The second-order valence-corrected chi connectivity index (χ2v) is 9.63. The fourth-order valence-electron chi connectivity index (χ4n) is 4.11. The highest BCUT2D eigenvalue weighted by Crippen LogP contribution is 2.49. The van der Waals surface area contributed by atoms with Gasteiger partial charge in [0.15, 0.2) is 11.6 Å². The van der Waals surface area contributed by atoms with E-state index >= 15 is 0 Å². The summed E-state index contributed by atoms with van der Waals surface area (Å²) >= 11 is 1.98. The van der Waals surface area contributed by atoms with Gasteiger partial charge in [-0.25, -0.2) is 9.97 Å². The van der Waals surface area contributed by atoms with Gasteiger partial charge in [0.05, 0.1) is 24.0 Å². The maximum atomic E-state index is 12.4. The molecule has 1 spiro atoms. The third-order valence-electron chi connectivity index (χ3n) is 6.10. The standard InChI is InChI=1S/C22H26N6O3S/c1-23-21(30)14-8-25-17(27-20(29)13-3-4-13)7-16(14)26-15-5-6-24-19(18(15)31-2)28-9-22(10-28)11-32-12-22/h5-8,13H,3-4,9-12H2,1-2H3,(H,23,30)(H2,24,25,26,27,29). The van der Waals surface area contributed by atoms with Gasteiger partial charge in [-0.2, -0.15) is 11.8 Å². The second kappa shape index (κ2) is 8.16. The summed E-state index contributed by atoms with van der Waals surface area (Å²) in [5, 5.41) is 8.78. The molecule has 32 heavy (non-hydrogen) atoms. The molecule has 2 saturated heterocycles. The van der Waals surface area contributed by atoms with Crippen LogP contribution in [-0.4, -0.2) is 60.5 Å². The van der Waals surface area contributed by atoms with Crippen LogP contribution in [0.3, 0.4) is 0 Å². The first-order chi connectivity index (χ1) is 15.5. The smallest absolute Gasteiger partial charge is 0.254 e. The molecule has 10 heteroatoms. The average molecular weight is 455 g/mol. The van der Waals surface area contributed by atoms with Crippen molar-refractivity contribution in [2.75, 3.05) is 54.3 Å². The highest BCUT2D eigenvalue weighted by Gasteiger charge is 2.49. The molecule has 5 rings (SSSR count). The second-order valence-electron chi connectivity index (χ2n) is 8.65. The molecule has 3 N–H and O–H groups in total. The number of hydrogen-bond donors (Lipinski definition) is 3. The van der Waals surface area contributed by atoms with Gasteiger partial charge >= 0.3 is 0 Å². The lowest BCUT2D eigenvalue weighted by Crippen LogP contribution is -2.63. The molecule has 168 valence electrons. The molecule has 2 aromatic heterocycles. The molecule has 2 aromatic rings. The van der Waals surface area contributed by atoms with E-state index in [0.717, 1.165) is 31.7 Å². The van der Waals surface area contributed by atoms with Gasteiger partial charge in [-0.05, 0) is 18.9 Å². The van der Waals surface area contributed by atoms with Gasteiger partial charge in [-0.3, -0.25) is 9.59 Å². The van der Waals surface area contributed by atoms with Gasteiger partial charge in [0.1, 0.15) is 5.82 Å². The van der Waals surface area contributed by atoms with Gasteiger partial charge in [-0.15, -0.1) is 0 Å². The molecule has 0 bridgehead atoms. The number of rotatable bonds is 7. The predicted octanol–water partition coefficient (Wildman–Crippen LogP) is 2.49. The number of hydrogen-bond acceptors (Lipinski definition) is 8. The fourth-order valence-corrected chi connectivity index (χ4v) is 5.26. The molecule has 1 aliphatic carbocycles. The zero-order valence-electron chi connectivity index (χ0n) is 18.1. The van der Waals surface area contributed by atoms with Crippen LogP contribution in [0.25, 0.3) is 0 Å². The van der Waals surface area contributed by atoms with E-state index in [-0.39, 0.29) is 17.7 Å². The largest absolute Gasteiger partial charge is 0.491 e. The molecule has 3 aliphatic rings. The van der Waals surface area contributed by atoms with Gasteiger partial charge in [0.2, 0.25) is 5.91 Å². The highest BCUT2D eigenvalue weighted by molar-refractivity contribution is 8.00. The number of nitrogens with one attached hydrogen (secondary N) is 3. The Labute approximate surface area is 190 Å². The molecule has 3 fully saturated rings. The summed E-state index contributed by atoms with van der Waals surface area (Å²) in [5.74, 6) is 3.95. The summed E-state index contributed by atoms with van der Waals surface area (Å²) in [6.45, 7) is 1.95. The van der Waals surface area contributed by atoms with Crippen LogP contribution < -0.4 is 25.6 Å². The lowest BCUT2D eigenvalue weighted by atomic mass is 9.83. The van der Waals surface area contributed by atoms with Crippen LogP contribution in [0.4, 0.5) is 23.0 Å². The lowest BCUT2D eigenvalue weighted by Gasteiger charge is -2.55. The quantitative estimate of drug-likeness (QED) is 0.586. The Bertz CT molecular complexity index is 1060. The van der Waals surface area contributed by atoms with Gasteiger partial charge in [0.25, 0.3) is 5.91 Å². The zero-order valence-corrected chi connectivity index (χ0v) is 18.9. The van der Waals surface area contributed by atoms with Crippen molar-refractivity contribution in [2.24, 2.45) is 11.3 Å². The summed E-state index contributed by atoms with van der Waals surface area (Å²) in [4.78, 5) is 35.7. The molecule has 0 radical (unpaired) electrons. The number of anilines is 4. The van der Waals surface area contributed by atoms with Gasteiger partial charge < -0.3 is 25.6 Å². The third-order valence-corrected chi connectivity index (χ3v) is 7.74. The molecule has 1 saturated carbocycles. The minimum Gasteiger partial charge on any atom is -0.491 e. The van der Waals surface area contributed by atoms with Crippen LogP contribution in [0, 0.1) is 11.3 Å². The van der Waals surface area contributed by atoms with Crippen molar-refractivity contribution >= 4 is 46.6 Å². The Morgan fingerprint density at radius 2 is 2.00 bits per heavy atom. The number of methoxy groups -OCH3 is 1. The Morgan fingerprint density at radius 3 is 2.62 bits per heavy atom. The molecular formula is C22H26N6O3S. The maximum absolute atomic E-state index is 12.4. The number of nitrogens with zero attached hydrogens (tertiary/aromatic N) is 3. The van der Waals surface area contributed by atoms with Crippen LogP contribution in [0.15, 0.2) is 24.5 Å². The van der Waals surface area contributed by atoms with Crippen molar-refractivity contribution in [3.63, 3.8) is 0 Å². The molecule has 0 unspecified atom stereocenters. The number of carbonyl (C=O) groups is 2. The van der Waals surface area contributed by atoms with E-state index in [4.69, 9.17) is 4.74 Å². The minimum absolute atomic E-state index is 0.0409. The average Bonchev–Trinajstić information content (AvgIpc) is 3.57. The predicted molar refractivity (Wildman–Crippen MR) is 125 cm³/mol. The van der Waals surface area contributed by atoms with E-state index in [9.17, 15) is 9.59 Å². The molecule has 0 atom stereocenters. The number of thioether (sulfide) groups is 1. The molecular weight excluding hydrogens is 428 g/mol.